The first kappa shape index (κ1) is 23.6. The summed E-state index contributed by atoms with van der Waals surface area (Å²) in [5.41, 5.74) is 6.09. The third-order valence-corrected chi connectivity index (χ3v) is 7.80. The number of benzene rings is 3. The number of aromatic nitrogens is 6. The zero-order valence-corrected chi connectivity index (χ0v) is 22.9. The van der Waals surface area contributed by atoms with Crippen LogP contribution in [0.1, 0.15) is 26.3 Å². The first-order valence-corrected chi connectivity index (χ1v) is 13.6. The highest BCUT2D eigenvalue weighted by Crippen LogP contribution is 2.35. The maximum atomic E-state index is 6.30. The van der Waals surface area contributed by atoms with Gasteiger partial charge in [-0.2, -0.15) is 4.98 Å². The Balaban J connectivity index is 1.29. The van der Waals surface area contributed by atoms with Crippen LogP contribution in [0.2, 0.25) is 0 Å². The number of nitrogens with zero attached hydrogens (tertiary/aromatic N) is 6. The number of hydrogen-bond acceptors (Lipinski definition) is 5. The SMILES string of the molecule is CC(C)(C)c1cccc(-n2c3ccccc3c3ccc(Oc4cc5c(cn4)c4ccccc4n4cnnc54)nc32)c1. The summed E-state index contributed by atoms with van der Waals surface area (Å²) in [5, 5.41) is 13.8. The molecule has 0 unspecified atom stereocenters. The van der Waals surface area contributed by atoms with Crippen LogP contribution in [0.15, 0.2) is 104 Å². The van der Waals surface area contributed by atoms with Gasteiger partial charge in [-0.15, -0.1) is 10.2 Å². The van der Waals surface area contributed by atoms with Gasteiger partial charge in [0.1, 0.15) is 12.0 Å². The lowest BCUT2D eigenvalue weighted by atomic mass is 9.87. The third-order valence-electron chi connectivity index (χ3n) is 7.80. The van der Waals surface area contributed by atoms with E-state index in [2.05, 4.69) is 107 Å². The van der Waals surface area contributed by atoms with Crippen molar-refractivity contribution in [2.75, 3.05) is 0 Å². The van der Waals surface area contributed by atoms with Gasteiger partial charge in [-0.3, -0.25) is 8.97 Å². The molecular formula is C34H26N6O. The van der Waals surface area contributed by atoms with Crippen molar-refractivity contribution in [3.63, 3.8) is 0 Å². The largest absolute Gasteiger partial charge is 0.421 e. The average molecular weight is 535 g/mol. The number of para-hydroxylation sites is 2. The van der Waals surface area contributed by atoms with E-state index in [1.54, 1.807) is 6.33 Å². The highest BCUT2D eigenvalue weighted by atomic mass is 16.5. The summed E-state index contributed by atoms with van der Waals surface area (Å²) in [4.78, 5) is 9.68. The second-order valence-electron chi connectivity index (χ2n) is 11.4. The summed E-state index contributed by atoms with van der Waals surface area (Å²) in [6.07, 6.45) is 3.58. The molecule has 7 heteroatoms. The molecular weight excluding hydrogens is 508 g/mol. The van der Waals surface area contributed by atoms with E-state index in [1.165, 1.54) is 5.56 Å². The molecule has 0 fully saturated rings. The average Bonchev–Trinajstić information content (AvgIpc) is 3.60. The van der Waals surface area contributed by atoms with Gasteiger partial charge in [0.15, 0.2) is 5.65 Å². The van der Waals surface area contributed by atoms with Crippen LogP contribution in [-0.4, -0.2) is 29.1 Å². The molecule has 8 aromatic rings. The van der Waals surface area contributed by atoms with Crippen molar-refractivity contribution < 1.29 is 4.74 Å². The Morgan fingerprint density at radius 3 is 2.27 bits per heavy atom. The van der Waals surface area contributed by atoms with Gasteiger partial charge in [0.05, 0.1) is 11.0 Å². The smallest absolute Gasteiger partial charge is 0.223 e. The van der Waals surface area contributed by atoms with E-state index in [4.69, 9.17) is 9.72 Å². The molecule has 3 aromatic carbocycles. The maximum Gasteiger partial charge on any atom is 0.223 e. The van der Waals surface area contributed by atoms with Crippen molar-refractivity contribution in [3.05, 3.63) is 109 Å². The van der Waals surface area contributed by atoms with Crippen molar-refractivity contribution >= 4 is 49.3 Å². The van der Waals surface area contributed by atoms with Gasteiger partial charge in [-0.25, -0.2) is 4.98 Å². The monoisotopic (exact) mass is 534 g/mol. The second-order valence-corrected chi connectivity index (χ2v) is 11.4. The van der Waals surface area contributed by atoms with Gasteiger partial charge < -0.3 is 4.74 Å². The Hall–Kier alpha value is -5.30. The lowest BCUT2D eigenvalue weighted by Crippen LogP contribution is -2.11. The molecule has 8 rings (SSSR count). The van der Waals surface area contributed by atoms with Gasteiger partial charge >= 0.3 is 0 Å². The summed E-state index contributed by atoms with van der Waals surface area (Å²) in [6.45, 7) is 6.69. The lowest BCUT2D eigenvalue weighted by molar-refractivity contribution is 0.447. The molecule has 0 aliphatic rings. The Morgan fingerprint density at radius 2 is 1.44 bits per heavy atom. The highest BCUT2D eigenvalue weighted by Gasteiger charge is 2.18. The van der Waals surface area contributed by atoms with Crippen LogP contribution in [-0.2, 0) is 5.41 Å². The summed E-state index contributed by atoms with van der Waals surface area (Å²) in [6, 6.07) is 31.2. The molecule has 0 radical (unpaired) electrons. The number of ether oxygens (including phenoxy) is 1. The summed E-state index contributed by atoms with van der Waals surface area (Å²) < 4.78 is 10.5. The number of rotatable bonds is 3. The van der Waals surface area contributed by atoms with Gasteiger partial charge in [0.2, 0.25) is 11.8 Å². The van der Waals surface area contributed by atoms with Crippen LogP contribution in [0.3, 0.4) is 0 Å². The molecule has 41 heavy (non-hydrogen) atoms. The molecule has 0 spiro atoms. The summed E-state index contributed by atoms with van der Waals surface area (Å²) >= 11 is 0. The number of fused-ring (bicyclic) bond motifs is 9. The van der Waals surface area contributed by atoms with Crippen molar-refractivity contribution in [1.82, 2.24) is 29.1 Å². The predicted octanol–water partition coefficient (Wildman–Crippen LogP) is 8.01. The molecule has 0 saturated carbocycles. The Morgan fingerprint density at radius 1 is 0.659 bits per heavy atom. The normalized spacial score (nSPS) is 12.3. The van der Waals surface area contributed by atoms with Gasteiger partial charge in [-0.1, -0.05) is 69.3 Å². The van der Waals surface area contributed by atoms with Crippen LogP contribution in [0.5, 0.6) is 11.8 Å². The molecule has 0 saturated heterocycles. The maximum absolute atomic E-state index is 6.30. The van der Waals surface area contributed by atoms with E-state index in [9.17, 15) is 0 Å². The van der Waals surface area contributed by atoms with Crippen LogP contribution < -0.4 is 4.74 Å². The molecule has 0 N–H and O–H groups in total. The molecule has 0 amide bonds. The zero-order chi connectivity index (χ0) is 27.7. The van der Waals surface area contributed by atoms with E-state index < -0.39 is 0 Å². The fraction of sp³-hybridized carbons (Fsp3) is 0.118. The first-order valence-electron chi connectivity index (χ1n) is 13.6. The van der Waals surface area contributed by atoms with E-state index in [0.29, 0.717) is 11.8 Å². The molecule has 7 nitrogen and oxygen atoms in total. The van der Waals surface area contributed by atoms with Crippen LogP contribution >= 0.6 is 0 Å². The predicted molar refractivity (Wildman–Crippen MR) is 163 cm³/mol. The zero-order valence-electron chi connectivity index (χ0n) is 22.9. The molecule has 5 aromatic heterocycles. The van der Waals surface area contributed by atoms with Crippen molar-refractivity contribution in [1.29, 1.82) is 0 Å². The van der Waals surface area contributed by atoms with Crippen LogP contribution in [0.25, 0.3) is 54.9 Å². The minimum absolute atomic E-state index is 0.0271. The second kappa shape index (κ2) is 8.60. The topological polar surface area (TPSA) is 70.1 Å². The quantitative estimate of drug-likeness (QED) is 0.215. The fourth-order valence-corrected chi connectivity index (χ4v) is 5.76. The first-order chi connectivity index (χ1) is 20.0. The van der Waals surface area contributed by atoms with Crippen molar-refractivity contribution in [2.24, 2.45) is 0 Å². The van der Waals surface area contributed by atoms with E-state index in [1.807, 2.05) is 34.9 Å². The van der Waals surface area contributed by atoms with Crippen LogP contribution in [0, 0.1) is 0 Å². The van der Waals surface area contributed by atoms with Crippen molar-refractivity contribution in [2.45, 2.75) is 26.2 Å². The number of pyridine rings is 3. The van der Waals surface area contributed by atoms with E-state index >= 15 is 0 Å². The number of hydrogen-bond donors (Lipinski definition) is 0. The van der Waals surface area contributed by atoms with Gasteiger partial charge in [0, 0.05) is 50.9 Å². The van der Waals surface area contributed by atoms with Gasteiger partial charge in [-0.05, 0) is 41.3 Å². The van der Waals surface area contributed by atoms with E-state index in [-0.39, 0.29) is 5.41 Å². The molecule has 0 aliphatic carbocycles. The summed E-state index contributed by atoms with van der Waals surface area (Å²) in [7, 11) is 0. The third kappa shape index (κ3) is 3.66. The summed E-state index contributed by atoms with van der Waals surface area (Å²) in [5.74, 6) is 0.917. The van der Waals surface area contributed by atoms with Crippen molar-refractivity contribution in [3.8, 4) is 17.4 Å². The van der Waals surface area contributed by atoms with Gasteiger partial charge in [0.25, 0.3) is 0 Å². The standard InChI is InChI=1S/C34H26N6O/c1-34(2,3)21-9-8-10-22(17-21)40-29-14-7-5-11-23(29)25-15-16-30(37-32(25)40)41-31-18-26-27(19-35-31)24-12-4-6-13-28(24)39-20-36-38-33(26)39/h4-20H,1-3H3. The molecule has 0 aliphatic heterocycles. The minimum atomic E-state index is 0.0271. The molecule has 0 atom stereocenters. The minimum Gasteiger partial charge on any atom is -0.421 e. The Labute approximate surface area is 235 Å². The Bertz CT molecular complexity index is 2290. The fourth-order valence-electron chi connectivity index (χ4n) is 5.76. The molecule has 198 valence electrons. The Kier molecular flexibility index (Phi) is 4.94. The molecule has 0 bridgehead atoms. The van der Waals surface area contributed by atoms with Crippen LogP contribution in [0.4, 0.5) is 0 Å². The lowest BCUT2D eigenvalue weighted by Gasteiger charge is -2.20. The highest BCUT2D eigenvalue weighted by molar-refractivity contribution is 6.11. The van der Waals surface area contributed by atoms with E-state index in [0.717, 1.165) is 54.9 Å². The molecule has 5 heterocycles.